The Morgan fingerprint density at radius 3 is 3.17 bits per heavy atom. The molecule has 0 aromatic carbocycles. The zero-order chi connectivity index (χ0) is 13.0. The minimum absolute atomic E-state index is 0.328. The van der Waals surface area contributed by atoms with Crippen LogP contribution in [0.2, 0.25) is 0 Å². The van der Waals surface area contributed by atoms with Gasteiger partial charge >= 0.3 is 0 Å². The molecule has 2 fully saturated rings. The molecule has 3 atom stereocenters. The van der Waals surface area contributed by atoms with Gasteiger partial charge in [0.25, 0.3) is 0 Å². The van der Waals surface area contributed by atoms with Crippen LogP contribution in [0.1, 0.15) is 39.0 Å². The number of nitrogens with one attached hydrogen (secondary N) is 1. The molecule has 0 aromatic rings. The third-order valence-corrected chi connectivity index (χ3v) is 5.86. The Hall–Kier alpha value is -0.0300. The van der Waals surface area contributed by atoms with Crippen LogP contribution in [0.4, 0.5) is 0 Å². The topological polar surface area (TPSA) is 41.5 Å². The largest absolute Gasteiger partial charge is 0.359 e. The van der Waals surface area contributed by atoms with Crippen molar-refractivity contribution in [2.24, 2.45) is 10.9 Å². The monoisotopic (exact) mass is 288 g/mol. The normalized spacial score (nSPS) is 35.9. The Labute approximate surface area is 117 Å². The molecule has 0 radical (unpaired) electrons. The van der Waals surface area contributed by atoms with Gasteiger partial charge in [0.1, 0.15) is 0 Å². The predicted molar refractivity (Wildman–Crippen MR) is 81.8 cm³/mol. The SMILES string of the molecule is CC1CCCC2(CSC(=NCCCS(C)=O)N2)C1. The highest BCUT2D eigenvalue weighted by molar-refractivity contribution is 8.14. The molecule has 5 heteroatoms. The van der Waals surface area contributed by atoms with Gasteiger partial charge in [0.05, 0.1) is 0 Å². The van der Waals surface area contributed by atoms with Gasteiger partial charge in [-0.1, -0.05) is 31.5 Å². The van der Waals surface area contributed by atoms with Crippen molar-refractivity contribution in [2.45, 2.75) is 44.6 Å². The molecule has 1 aliphatic heterocycles. The first kappa shape index (κ1) is 14.4. The van der Waals surface area contributed by atoms with Crippen molar-refractivity contribution in [1.29, 1.82) is 0 Å². The summed E-state index contributed by atoms with van der Waals surface area (Å²) in [5.74, 6) is 2.79. The number of amidine groups is 1. The fourth-order valence-electron chi connectivity index (χ4n) is 2.94. The molecule has 1 spiro atoms. The van der Waals surface area contributed by atoms with Crippen LogP contribution in [0.5, 0.6) is 0 Å². The quantitative estimate of drug-likeness (QED) is 0.808. The molecule has 3 unspecified atom stereocenters. The minimum Gasteiger partial charge on any atom is -0.359 e. The molecule has 2 rings (SSSR count). The summed E-state index contributed by atoms with van der Waals surface area (Å²) in [4.78, 5) is 4.60. The van der Waals surface area contributed by atoms with Crippen molar-refractivity contribution in [2.75, 3.05) is 24.3 Å². The zero-order valence-electron chi connectivity index (χ0n) is 11.4. The van der Waals surface area contributed by atoms with Crippen molar-refractivity contribution in [3.63, 3.8) is 0 Å². The van der Waals surface area contributed by atoms with Gasteiger partial charge in [-0.25, -0.2) is 0 Å². The third-order valence-electron chi connectivity index (χ3n) is 3.79. The Morgan fingerprint density at radius 1 is 1.61 bits per heavy atom. The fourth-order valence-corrected chi connectivity index (χ4v) is 4.70. The first-order valence-corrected chi connectivity index (χ1v) is 9.56. The molecular weight excluding hydrogens is 264 g/mol. The molecule has 18 heavy (non-hydrogen) atoms. The van der Waals surface area contributed by atoms with Crippen LogP contribution in [-0.4, -0.2) is 39.2 Å². The average molecular weight is 288 g/mol. The van der Waals surface area contributed by atoms with E-state index in [9.17, 15) is 4.21 Å². The summed E-state index contributed by atoms with van der Waals surface area (Å²) in [7, 11) is -0.681. The first-order chi connectivity index (χ1) is 8.60. The van der Waals surface area contributed by atoms with Gasteiger partial charge in [0.2, 0.25) is 0 Å². The Bertz CT molecular complexity index is 346. The summed E-state index contributed by atoms with van der Waals surface area (Å²) >= 11 is 1.87. The van der Waals surface area contributed by atoms with Gasteiger partial charge < -0.3 is 5.32 Å². The molecular formula is C13H24N2OS2. The van der Waals surface area contributed by atoms with Gasteiger partial charge in [-0.3, -0.25) is 9.20 Å². The molecule has 1 aliphatic carbocycles. The van der Waals surface area contributed by atoms with Crippen molar-refractivity contribution in [3.05, 3.63) is 0 Å². The number of hydrogen-bond acceptors (Lipinski definition) is 3. The molecule has 1 saturated heterocycles. The number of nitrogens with zero attached hydrogens (tertiary/aromatic N) is 1. The van der Waals surface area contributed by atoms with Crippen molar-refractivity contribution in [3.8, 4) is 0 Å². The van der Waals surface area contributed by atoms with Gasteiger partial charge in [0.15, 0.2) is 5.17 Å². The van der Waals surface area contributed by atoms with E-state index in [-0.39, 0.29) is 0 Å². The molecule has 1 heterocycles. The number of aliphatic imine (C=N–C) groups is 1. The van der Waals surface area contributed by atoms with E-state index in [2.05, 4.69) is 17.2 Å². The lowest BCUT2D eigenvalue weighted by Gasteiger charge is -2.36. The number of hydrogen-bond donors (Lipinski definition) is 1. The number of rotatable bonds is 4. The third kappa shape index (κ3) is 3.98. The lowest BCUT2D eigenvalue weighted by Crippen LogP contribution is -2.47. The van der Waals surface area contributed by atoms with Gasteiger partial charge in [-0.15, -0.1) is 0 Å². The van der Waals surface area contributed by atoms with Crippen LogP contribution in [-0.2, 0) is 10.8 Å². The van der Waals surface area contributed by atoms with Gasteiger partial charge in [0, 0.05) is 40.6 Å². The van der Waals surface area contributed by atoms with E-state index in [4.69, 9.17) is 0 Å². The maximum atomic E-state index is 11.0. The zero-order valence-corrected chi connectivity index (χ0v) is 13.0. The van der Waals surface area contributed by atoms with E-state index in [1.54, 1.807) is 6.26 Å². The van der Waals surface area contributed by atoms with Crippen molar-refractivity contribution in [1.82, 2.24) is 5.32 Å². The van der Waals surface area contributed by atoms with E-state index in [1.165, 1.54) is 31.4 Å². The average Bonchev–Trinajstić information content (AvgIpc) is 2.67. The van der Waals surface area contributed by atoms with Crippen molar-refractivity contribution >= 4 is 27.7 Å². The predicted octanol–water partition coefficient (Wildman–Crippen LogP) is 2.40. The van der Waals surface area contributed by atoms with Gasteiger partial charge in [-0.05, 0) is 25.2 Å². The second-order valence-electron chi connectivity index (χ2n) is 5.71. The van der Waals surface area contributed by atoms with E-state index < -0.39 is 10.8 Å². The molecule has 1 saturated carbocycles. The second-order valence-corrected chi connectivity index (χ2v) is 8.23. The molecule has 2 aliphatic rings. The highest BCUT2D eigenvalue weighted by Crippen LogP contribution is 2.38. The van der Waals surface area contributed by atoms with E-state index >= 15 is 0 Å². The molecule has 0 aromatic heterocycles. The van der Waals surface area contributed by atoms with Crippen LogP contribution in [0.25, 0.3) is 0 Å². The van der Waals surface area contributed by atoms with Crippen LogP contribution >= 0.6 is 11.8 Å². The molecule has 3 nitrogen and oxygen atoms in total. The van der Waals surface area contributed by atoms with Crippen LogP contribution in [0, 0.1) is 5.92 Å². The fraction of sp³-hybridized carbons (Fsp3) is 0.923. The Balaban J connectivity index is 1.80. The second kappa shape index (κ2) is 6.42. The minimum atomic E-state index is -0.681. The maximum Gasteiger partial charge on any atom is 0.157 e. The summed E-state index contributed by atoms with van der Waals surface area (Å²) < 4.78 is 11.0. The van der Waals surface area contributed by atoms with E-state index in [1.807, 2.05) is 11.8 Å². The summed E-state index contributed by atoms with van der Waals surface area (Å²) in [5.41, 5.74) is 0.328. The highest BCUT2D eigenvalue weighted by atomic mass is 32.2. The Morgan fingerprint density at radius 2 is 2.44 bits per heavy atom. The van der Waals surface area contributed by atoms with E-state index in [0.717, 1.165) is 29.8 Å². The maximum absolute atomic E-state index is 11.0. The van der Waals surface area contributed by atoms with E-state index in [0.29, 0.717) is 5.54 Å². The summed E-state index contributed by atoms with van der Waals surface area (Å²) in [6, 6.07) is 0. The molecule has 1 N–H and O–H groups in total. The standard InChI is InChI=1S/C13H24N2OS2/c1-11-5-3-6-13(9-11)10-17-12(15-13)14-7-4-8-18(2)16/h11H,3-10H2,1-2H3,(H,14,15). The van der Waals surface area contributed by atoms with Gasteiger partial charge in [-0.2, -0.15) is 0 Å². The lowest BCUT2D eigenvalue weighted by molar-refractivity contribution is 0.242. The summed E-state index contributed by atoms with van der Waals surface area (Å²) in [6.45, 7) is 3.17. The first-order valence-electron chi connectivity index (χ1n) is 6.85. The van der Waals surface area contributed by atoms with Crippen LogP contribution in [0.3, 0.4) is 0 Å². The van der Waals surface area contributed by atoms with Crippen LogP contribution in [0.15, 0.2) is 4.99 Å². The van der Waals surface area contributed by atoms with Crippen LogP contribution < -0.4 is 5.32 Å². The summed E-state index contributed by atoms with van der Waals surface area (Å²) in [5, 5.41) is 4.78. The smallest absolute Gasteiger partial charge is 0.157 e. The Kier molecular flexibility index (Phi) is 5.13. The molecule has 104 valence electrons. The number of thioether (sulfide) groups is 1. The molecule has 0 bridgehead atoms. The van der Waals surface area contributed by atoms with Crippen molar-refractivity contribution < 1.29 is 4.21 Å². The molecule has 0 amide bonds. The summed E-state index contributed by atoms with van der Waals surface area (Å²) in [6.07, 6.45) is 7.99. The highest BCUT2D eigenvalue weighted by Gasteiger charge is 2.40. The lowest BCUT2D eigenvalue weighted by atomic mass is 9.78.